The van der Waals surface area contributed by atoms with Gasteiger partial charge in [-0.1, -0.05) is 43.5 Å². The molecule has 0 aromatic heterocycles. The van der Waals surface area contributed by atoms with Crippen molar-refractivity contribution in [3.8, 4) is 16.9 Å². The first kappa shape index (κ1) is 15.1. The van der Waals surface area contributed by atoms with Gasteiger partial charge in [0.05, 0.1) is 7.11 Å². The van der Waals surface area contributed by atoms with E-state index in [1.165, 1.54) is 36.5 Å². The number of methoxy groups -OCH3 is 1. The Labute approximate surface area is 132 Å². The minimum atomic E-state index is -0.184. The second-order valence-corrected chi connectivity index (χ2v) is 6.45. The molecule has 0 saturated heterocycles. The summed E-state index contributed by atoms with van der Waals surface area (Å²) in [6, 6.07) is 11.3. The summed E-state index contributed by atoms with van der Waals surface area (Å²) < 4.78 is 19.7. The Bertz CT molecular complexity index is 677. The largest absolute Gasteiger partial charge is 0.497 e. The average Bonchev–Trinajstić information content (AvgIpc) is 2.94. The fourth-order valence-electron chi connectivity index (χ4n) is 3.68. The summed E-state index contributed by atoms with van der Waals surface area (Å²) >= 11 is 0. The summed E-state index contributed by atoms with van der Waals surface area (Å²) in [5, 5.41) is 0. The number of hydrogen-bond donors (Lipinski definition) is 0. The summed E-state index contributed by atoms with van der Waals surface area (Å²) in [7, 11) is 1.62. The van der Waals surface area contributed by atoms with Crippen LogP contribution in [0.4, 0.5) is 4.39 Å². The lowest BCUT2D eigenvalue weighted by atomic mass is 9.84. The summed E-state index contributed by atoms with van der Waals surface area (Å²) in [5.74, 6) is 1.70. The summed E-state index contributed by atoms with van der Waals surface area (Å²) in [4.78, 5) is 0. The van der Waals surface area contributed by atoms with Crippen LogP contribution in [0.2, 0.25) is 0 Å². The van der Waals surface area contributed by atoms with Gasteiger partial charge in [0.25, 0.3) is 0 Å². The van der Waals surface area contributed by atoms with Gasteiger partial charge < -0.3 is 4.74 Å². The third-order valence-electron chi connectivity index (χ3n) is 4.93. The molecule has 0 spiro atoms. The Morgan fingerprint density at radius 3 is 2.55 bits per heavy atom. The van der Waals surface area contributed by atoms with Crippen LogP contribution in [-0.4, -0.2) is 7.11 Å². The molecule has 0 N–H and O–H groups in total. The molecule has 2 aromatic carbocycles. The zero-order valence-corrected chi connectivity index (χ0v) is 13.5. The number of halogens is 1. The molecule has 0 radical (unpaired) electrons. The molecule has 0 aliphatic heterocycles. The van der Waals surface area contributed by atoms with Gasteiger partial charge in [-0.25, -0.2) is 4.39 Å². The maximum atomic E-state index is 14.4. The van der Waals surface area contributed by atoms with Gasteiger partial charge in [-0.2, -0.15) is 0 Å². The Hall–Kier alpha value is -1.83. The van der Waals surface area contributed by atoms with Crippen LogP contribution in [0.25, 0.3) is 11.1 Å². The van der Waals surface area contributed by atoms with Crippen molar-refractivity contribution >= 4 is 0 Å². The van der Waals surface area contributed by atoms with Crippen LogP contribution in [0.3, 0.4) is 0 Å². The van der Waals surface area contributed by atoms with E-state index in [4.69, 9.17) is 4.74 Å². The first-order chi connectivity index (χ1) is 10.6. The quantitative estimate of drug-likeness (QED) is 0.705. The summed E-state index contributed by atoms with van der Waals surface area (Å²) in [5.41, 5.74) is 4.19. The molecule has 1 nitrogen and oxygen atoms in total. The monoisotopic (exact) mass is 298 g/mol. The van der Waals surface area contributed by atoms with Gasteiger partial charge in [0.15, 0.2) is 0 Å². The number of hydrogen-bond acceptors (Lipinski definition) is 1. The van der Waals surface area contributed by atoms with Crippen LogP contribution in [-0.2, 0) is 0 Å². The number of rotatable bonds is 3. The molecule has 2 unspecified atom stereocenters. The molecule has 1 fully saturated rings. The molecule has 2 atom stereocenters. The fraction of sp³-hybridized carbons (Fsp3) is 0.400. The Balaban J connectivity index is 2.15. The van der Waals surface area contributed by atoms with E-state index in [1.54, 1.807) is 13.2 Å². The molecule has 0 amide bonds. The normalized spacial score (nSPS) is 21.1. The van der Waals surface area contributed by atoms with Crippen molar-refractivity contribution in [3.63, 3.8) is 0 Å². The van der Waals surface area contributed by atoms with Crippen molar-refractivity contribution in [2.24, 2.45) is 5.92 Å². The molecule has 116 valence electrons. The van der Waals surface area contributed by atoms with Gasteiger partial charge in [-0.15, -0.1) is 0 Å². The van der Waals surface area contributed by atoms with E-state index in [0.29, 0.717) is 23.1 Å². The second kappa shape index (κ2) is 6.12. The van der Waals surface area contributed by atoms with Crippen LogP contribution in [0.15, 0.2) is 36.4 Å². The molecule has 2 aromatic rings. The topological polar surface area (TPSA) is 9.23 Å². The molecule has 3 rings (SSSR count). The maximum absolute atomic E-state index is 14.4. The lowest BCUT2D eigenvalue weighted by Crippen LogP contribution is -2.05. The average molecular weight is 298 g/mol. The Kier molecular flexibility index (Phi) is 4.19. The summed E-state index contributed by atoms with van der Waals surface area (Å²) in [6.45, 7) is 4.42. The van der Waals surface area contributed by atoms with Gasteiger partial charge in [0, 0.05) is 5.56 Å². The Morgan fingerprint density at radius 2 is 1.86 bits per heavy atom. The first-order valence-corrected chi connectivity index (χ1v) is 8.04. The molecular weight excluding hydrogens is 275 g/mol. The van der Waals surface area contributed by atoms with E-state index < -0.39 is 0 Å². The van der Waals surface area contributed by atoms with Crippen LogP contribution in [0, 0.1) is 18.7 Å². The van der Waals surface area contributed by atoms with Gasteiger partial charge in [0.1, 0.15) is 11.6 Å². The number of aryl methyl sites for hydroxylation is 1. The SMILES string of the molecule is COc1ccc(F)c(-c2ccc(C)cc2C2CCCC2C)c1. The highest BCUT2D eigenvalue weighted by Gasteiger charge is 2.27. The molecule has 1 saturated carbocycles. The molecule has 1 aliphatic carbocycles. The van der Waals surface area contributed by atoms with Crippen LogP contribution in [0.5, 0.6) is 5.75 Å². The highest BCUT2D eigenvalue weighted by molar-refractivity contribution is 5.70. The molecular formula is C20H23FO. The van der Waals surface area contributed by atoms with Gasteiger partial charge in [-0.05, 0) is 54.5 Å². The van der Waals surface area contributed by atoms with Gasteiger partial charge >= 0.3 is 0 Å². The number of benzene rings is 2. The first-order valence-electron chi connectivity index (χ1n) is 8.04. The highest BCUT2D eigenvalue weighted by atomic mass is 19.1. The lowest BCUT2D eigenvalue weighted by Gasteiger charge is -2.21. The van der Waals surface area contributed by atoms with Crippen molar-refractivity contribution in [1.82, 2.24) is 0 Å². The smallest absolute Gasteiger partial charge is 0.131 e. The van der Waals surface area contributed by atoms with Crippen molar-refractivity contribution in [2.75, 3.05) is 7.11 Å². The minimum Gasteiger partial charge on any atom is -0.497 e. The van der Waals surface area contributed by atoms with E-state index >= 15 is 0 Å². The van der Waals surface area contributed by atoms with Gasteiger partial charge in [0.2, 0.25) is 0 Å². The second-order valence-electron chi connectivity index (χ2n) is 6.45. The third kappa shape index (κ3) is 2.75. The van der Waals surface area contributed by atoms with Crippen molar-refractivity contribution in [1.29, 1.82) is 0 Å². The van der Waals surface area contributed by atoms with Crippen LogP contribution in [0.1, 0.15) is 43.2 Å². The van der Waals surface area contributed by atoms with Crippen molar-refractivity contribution < 1.29 is 9.13 Å². The zero-order valence-electron chi connectivity index (χ0n) is 13.5. The lowest BCUT2D eigenvalue weighted by molar-refractivity contribution is 0.414. The van der Waals surface area contributed by atoms with E-state index in [0.717, 1.165) is 5.56 Å². The van der Waals surface area contributed by atoms with Gasteiger partial charge in [-0.3, -0.25) is 0 Å². The van der Waals surface area contributed by atoms with Crippen LogP contribution >= 0.6 is 0 Å². The molecule has 0 heterocycles. The summed E-state index contributed by atoms with van der Waals surface area (Å²) in [6.07, 6.45) is 3.72. The predicted octanol–water partition coefficient (Wildman–Crippen LogP) is 5.71. The molecule has 22 heavy (non-hydrogen) atoms. The van der Waals surface area contributed by atoms with E-state index in [1.807, 2.05) is 6.07 Å². The molecule has 0 bridgehead atoms. The molecule has 2 heteroatoms. The van der Waals surface area contributed by atoms with Crippen molar-refractivity contribution in [2.45, 2.75) is 39.0 Å². The van der Waals surface area contributed by atoms with E-state index in [-0.39, 0.29) is 5.82 Å². The Morgan fingerprint density at radius 1 is 1.05 bits per heavy atom. The van der Waals surface area contributed by atoms with E-state index in [9.17, 15) is 4.39 Å². The van der Waals surface area contributed by atoms with E-state index in [2.05, 4.69) is 32.0 Å². The standard InChI is InChI=1S/C20H23FO/c1-13-7-9-17(18(11-13)16-6-4-5-14(16)2)19-12-15(22-3)8-10-20(19)21/h7-12,14,16H,4-6H2,1-3H3. The third-order valence-corrected chi connectivity index (χ3v) is 4.93. The van der Waals surface area contributed by atoms with Crippen molar-refractivity contribution in [3.05, 3.63) is 53.3 Å². The molecule has 1 aliphatic rings. The predicted molar refractivity (Wildman–Crippen MR) is 88.9 cm³/mol. The highest BCUT2D eigenvalue weighted by Crippen LogP contribution is 2.44. The minimum absolute atomic E-state index is 0.184. The van der Waals surface area contributed by atoms with Crippen LogP contribution < -0.4 is 4.74 Å². The number of ether oxygens (including phenoxy) is 1. The maximum Gasteiger partial charge on any atom is 0.131 e. The zero-order chi connectivity index (χ0) is 15.7. The fourth-order valence-corrected chi connectivity index (χ4v) is 3.68.